The van der Waals surface area contributed by atoms with Crippen LogP contribution >= 0.6 is 23.2 Å². The summed E-state index contributed by atoms with van der Waals surface area (Å²) in [4.78, 5) is 25.7. The molecule has 132 valence electrons. The largest absolute Gasteiger partial charge is 0.350 e. The third-order valence-corrected chi connectivity index (χ3v) is 4.59. The quantitative estimate of drug-likeness (QED) is 0.838. The number of hydrogen-bond donors (Lipinski definition) is 1. The van der Waals surface area contributed by atoms with Crippen LogP contribution in [0.25, 0.3) is 0 Å². The topological polar surface area (TPSA) is 49.4 Å². The third kappa shape index (κ3) is 4.74. The van der Waals surface area contributed by atoms with E-state index >= 15 is 0 Å². The maximum atomic E-state index is 12.3. The highest BCUT2D eigenvalue weighted by Crippen LogP contribution is 2.33. The van der Waals surface area contributed by atoms with Crippen LogP contribution in [0, 0.1) is 13.8 Å². The molecule has 0 bridgehead atoms. The number of nitrogens with one attached hydrogen (secondary N) is 1. The van der Waals surface area contributed by atoms with Crippen molar-refractivity contribution in [3.8, 4) is 0 Å². The van der Waals surface area contributed by atoms with Gasteiger partial charge in [0.15, 0.2) is 0 Å². The summed E-state index contributed by atoms with van der Waals surface area (Å²) in [7, 11) is 0. The van der Waals surface area contributed by atoms with Crippen LogP contribution in [0.4, 0.5) is 5.69 Å². The van der Waals surface area contributed by atoms with Gasteiger partial charge in [-0.05, 0) is 49.2 Å². The highest BCUT2D eigenvalue weighted by molar-refractivity contribution is 6.39. The Morgan fingerprint density at radius 3 is 2.24 bits per heavy atom. The van der Waals surface area contributed by atoms with Crippen molar-refractivity contribution in [2.45, 2.75) is 20.8 Å². The van der Waals surface area contributed by atoms with E-state index in [1.807, 2.05) is 26.0 Å². The number of anilines is 1. The number of carbonyl (C=O) groups excluding carboxylic acids is 2. The number of rotatable bonds is 5. The van der Waals surface area contributed by atoms with Crippen LogP contribution in [0.5, 0.6) is 0 Å². The highest BCUT2D eigenvalue weighted by Gasteiger charge is 2.18. The molecule has 2 rings (SSSR count). The van der Waals surface area contributed by atoms with E-state index in [1.54, 1.807) is 24.3 Å². The first-order chi connectivity index (χ1) is 11.8. The van der Waals surface area contributed by atoms with E-state index in [1.165, 1.54) is 11.8 Å². The van der Waals surface area contributed by atoms with Gasteiger partial charge in [-0.15, -0.1) is 0 Å². The molecule has 0 saturated carbocycles. The molecule has 0 fully saturated rings. The average molecular weight is 379 g/mol. The fourth-order valence-corrected chi connectivity index (χ4v) is 3.04. The van der Waals surface area contributed by atoms with Gasteiger partial charge in [-0.3, -0.25) is 9.59 Å². The lowest BCUT2D eigenvalue weighted by Crippen LogP contribution is -2.38. The first-order valence-electron chi connectivity index (χ1n) is 7.89. The van der Waals surface area contributed by atoms with E-state index in [0.29, 0.717) is 21.3 Å². The molecular weight excluding hydrogens is 359 g/mol. The third-order valence-electron chi connectivity index (χ3n) is 3.98. The number of carbonyl (C=O) groups is 2. The summed E-state index contributed by atoms with van der Waals surface area (Å²) >= 11 is 12.3. The van der Waals surface area contributed by atoms with E-state index in [-0.39, 0.29) is 24.9 Å². The Kier molecular flexibility index (Phi) is 6.45. The van der Waals surface area contributed by atoms with Crippen LogP contribution in [0.15, 0.2) is 36.4 Å². The fourth-order valence-electron chi connectivity index (χ4n) is 2.44. The van der Waals surface area contributed by atoms with Crippen molar-refractivity contribution in [2.75, 3.05) is 18.0 Å². The maximum absolute atomic E-state index is 12.3. The molecule has 2 aromatic rings. The molecule has 25 heavy (non-hydrogen) atoms. The molecule has 6 heteroatoms. The molecule has 0 heterocycles. The molecule has 0 aliphatic heterocycles. The Morgan fingerprint density at radius 1 is 1.04 bits per heavy atom. The number of amides is 2. The second kappa shape index (κ2) is 8.37. The first-order valence-corrected chi connectivity index (χ1v) is 8.64. The summed E-state index contributed by atoms with van der Waals surface area (Å²) in [5.41, 5.74) is 3.24. The Labute approximate surface area is 157 Å². The van der Waals surface area contributed by atoms with Crippen molar-refractivity contribution in [2.24, 2.45) is 0 Å². The number of para-hydroxylation sites is 1. The first kappa shape index (κ1) is 19.3. The van der Waals surface area contributed by atoms with Crippen molar-refractivity contribution in [3.05, 3.63) is 63.1 Å². The van der Waals surface area contributed by atoms with Crippen LogP contribution in [0.1, 0.15) is 28.4 Å². The van der Waals surface area contributed by atoms with Gasteiger partial charge in [-0.2, -0.15) is 0 Å². The molecular formula is C19H20Cl2N2O2. The zero-order chi connectivity index (χ0) is 18.6. The van der Waals surface area contributed by atoms with Gasteiger partial charge in [0.05, 0.1) is 15.7 Å². The summed E-state index contributed by atoms with van der Waals surface area (Å²) < 4.78 is 0. The van der Waals surface area contributed by atoms with Crippen LogP contribution in [0.3, 0.4) is 0 Å². The van der Waals surface area contributed by atoms with Crippen LogP contribution in [-0.4, -0.2) is 24.9 Å². The maximum Gasteiger partial charge on any atom is 0.251 e. The normalized spacial score (nSPS) is 10.4. The minimum Gasteiger partial charge on any atom is -0.350 e. The summed E-state index contributed by atoms with van der Waals surface area (Å²) in [5, 5.41) is 3.60. The van der Waals surface area contributed by atoms with Gasteiger partial charge in [0.25, 0.3) is 5.91 Å². The molecule has 4 nitrogen and oxygen atoms in total. The molecule has 0 spiro atoms. The minimum absolute atomic E-state index is 0.183. The Morgan fingerprint density at radius 2 is 1.68 bits per heavy atom. The number of halogens is 2. The Hall–Kier alpha value is -2.04. The Bertz CT molecular complexity index is 786. The van der Waals surface area contributed by atoms with Gasteiger partial charge in [0.2, 0.25) is 5.91 Å². The van der Waals surface area contributed by atoms with Crippen molar-refractivity contribution in [1.82, 2.24) is 5.32 Å². The van der Waals surface area contributed by atoms with Gasteiger partial charge in [-0.25, -0.2) is 0 Å². The zero-order valence-corrected chi connectivity index (χ0v) is 15.9. The van der Waals surface area contributed by atoms with E-state index < -0.39 is 0 Å². The van der Waals surface area contributed by atoms with Gasteiger partial charge < -0.3 is 10.2 Å². The monoisotopic (exact) mass is 378 g/mol. The van der Waals surface area contributed by atoms with E-state index in [0.717, 1.165) is 11.1 Å². The predicted octanol–water partition coefficient (Wildman–Crippen LogP) is 4.39. The van der Waals surface area contributed by atoms with Gasteiger partial charge in [-0.1, -0.05) is 35.3 Å². The van der Waals surface area contributed by atoms with Gasteiger partial charge >= 0.3 is 0 Å². The summed E-state index contributed by atoms with van der Waals surface area (Å²) in [5.74, 6) is -0.382. The SMILES string of the molecule is CC(=O)N(CCNC(=O)c1ccc(C)c(C)c1)c1c(Cl)cccc1Cl. The van der Waals surface area contributed by atoms with Gasteiger partial charge in [0.1, 0.15) is 0 Å². The summed E-state index contributed by atoms with van der Waals surface area (Å²) in [6, 6.07) is 10.6. The number of benzene rings is 2. The molecule has 2 amide bonds. The van der Waals surface area contributed by atoms with E-state index in [4.69, 9.17) is 23.2 Å². The van der Waals surface area contributed by atoms with E-state index in [2.05, 4.69) is 5.32 Å². The Balaban J connectivity index is 2.06. The molecule has 0 aromatic heterocycles. The molecule has 0 aliphatic carbocycles. The second-order valence-corrected chi connectivity index (χ2v) is 6.61. The smallest absolute Gasteiger partial charge is 0.251 e. The van der Waals surface area contributed by atoms with Crippen LogP contribution < -0.4 is 10.2 Å². The van der Waals surface area contributed by atoms with Crippen molar-refractivity contribution in [3.63, 3.8) is 0 Å². The lowest BCUT2D eigenvalue weighted by molar-refractivity contribution is -0.116. The highest BCUT2D eigenvalue weighted by atomic mass is 35.5. The van der Waals surface area contributed by atoms with Gasteiger partial charge in [0, 0.05) is 25.6 Å². The number of aryl methyl sites for hydroxylation is 2. The molecule has 1 N–H and O–H groups in total. The summed E-state index contributed by atoms with van der Waals surface area (Å²) in [6.07, 6.45) is 0. The fraction of sp³-hybridized carbons (Fsp3) is 0.263. The molecule has 0 radical (unpaired) electrons. The number of hydrogen-bond acceptors (Lipinski definition) is 2. The molecule has 2 aromatic carbocycles. The average Bonchev–Trinajstić information content (AvgIpc) is 2.55. The second-order valence-electron chi connectivity index (χ2n) is 5.80. The molecule has 0 unspecified atom stereocenters. The minimum atomic E-state index is -0.199. The van der Waals surface area contributed by atoms with Crippen molar-refractivity contribution >= 4 is 40.7 Å². The lowest BCUT2D eigenvalue weighted by atomic mass is 10.1. The lowest BCUT2D eigenvalue weighted by Gasteiger charge is -2.23. The predicted molar refractivity (Wildman–Crippen MR) is 103 cm³/mol. The van der Waals surface area contributed by atoms with Crippen LogP contribution in [0.2, 0.25) is 10.0 Å². The molecule has 0 saturated heterocycles. The zero-order valence-electron chi connectivity index (χ0n) is 14.4. The standard InChI is InChI=1S/C19H20Cl2N2O2/c1-12-7-8-15(11-13(12)2)19(25)22-9-10-23(14(3)24)18-16(20)5-4-6-17(18)21/h4-8,11H,9-10H2,1-3H3,(H,22,25). The molecule has 0 aliphatic rings. The number of nitrogens with zero attached hydrogens (tertiary/aromatic N) is 1. The van der Waals surface area contributed by atoms with Crippen LogP contribution in [-0.2, 0) is 4.79 Å². The van der Waals surface area contributed by atoms with Crippen molar-refractivity contribution in [1.29, 1.82) is 0 Å². The van der Waals surface area contributed by atoms with E-state index in [9.17, 15) is 9.59 Å². The molecule has 0 atom stereocenters. The summed E-state index contributed by atoms with van der Waals surface area (Å²) in [6.45, 7) is 5.95. The van der Waals surface area contributed by atoms with Crippen molar-refractivity contribution < 1.29 is 9.59 Å².